The van der Waals surface area contributed by atoms with Crippen molar-refractivity contribution in [3.05, 3.63) is 23.8 Å². The van der Waals surface area contributed by atoms with Gasteiger partial charge in [-0.05, 0) is 37.0 Å². The van der Waals surface area contributed by atoms with Crippen molar-refractivity contribution in [2.45, 2.75) is 51.0 Å². The van der Waals surface area contributed by atoms with Gasteiger partial charge in [0, 0.05) is 64.8 Å². The number of fused-ring (bicyclic) bond motifs is 1. The summed E-state index contributed by atoms with van der Waals surface area (Å²) < 4.78 is 10.9. The summed E-state index contributed by atoms with van der Waals surface area (Å²) in [6, 6.07) is 4.41. The van der Waals surface area contributed by atoms with E-state index in [0.29, 0.717) is 44.1 Å². The Balaban J connectivity index is 1.60. The van der Waals surface area contributed by atoms with Gasteiger partial charge < -0.3 is 29.5 Å². The standard InChI is InChI=1S/C28H40N4O8/c1-3-4-10-30(11-5-14-33)25(35)17-31-16-20(19-6-7-22-23(15-19)40-18-39-22)26(27(36)37)21(31)8-13-32-24(34)9-12-29(2)28(32)38/h6-7,15,20-21,26,33H,3-5,8-14,16-18H2,1-2H3,(H,36,37)/t20-,21+,26?/m1/s1. The smallest absolute Gasteiger partial charge is 0.326 e. The van der Waals surface area contributed by atoms with E-state index >= 15 is 0 Å². The molecule has 0 spiro atoms. The van der Waals surface area contributed by atoms with E-state index in [1.54, 1.807) is 24.1 Å². The lowest BCUT2D eigenvalue weighted by atomic mass is 9.84. The van der Waals surface area contributed by atoms with Gasteiger partial charge >= 0.3 is 12.0 Å². The molecular weight excluding hydrogens is 520 g/mol. The second-order valence-electron chi connectivity index (χ2n) is 10.7. The van der Waals surface area contributed by atoms with E-state index in [4.69, 9.17) is 9.47 Å². The molecule has 12 heteroatoms. The highest BCUT2D eigenvalue weighted by Gasteiger charge is 2.48. The van der Waals surface area contributed by atoms with Crippen molar-refractivity contribution in [1.82, 2.24) is 19.6 Å². The number of ether oxygens (including phenoxy) is 2. The molecule has 0 saturated carbocycles. The highest BCUT2D eigenvalue weighted by atomic mass is 16.7. The number of urea groups is 1. The van der Waals surface area contributed by atoms with E-state index < -0.39 is 29.9 Å². The molecule has 40 heavy (non-hydrogen) atoms. The third-order valence-corrected chi connectivity index (χ3v) is 8.09. The van der Waals surface area contributed by atoms with E-state index in [0.717, 1.165) is 18.4 Å². The molecule has 1 unspecified atom stereocenters. The number of carbonyl (C=O) groups excluding carboxylic acids is 3. The zero-order valence-electron chi connectivity index (χ0n) is 23.3. The number of carbonyl (C=O) groups is 4. The van der Waals surface area contributed by atoms with Crippen LogP contribution in [0.3, 0.4) is 0 Å². The molecule has 0 bridgehead atoms. The van der Waals surface area contributed by atoms with Gasteiger partial charge in [0.15, 0.2) is 11.5 Å². The van der Waals surface area contributed by atoms with Gasteiger partial charge in [0.25, 0.3) is 0 Å². The summed E-state index contributed by atoms with van der Waals surface area (Å²) in [6.45, 7) is 3.84. The summed E-state index contributed by atoms with van der Waals surface area (Å²) in [5.41, 5.74) is 0.768. The number of carboxylic acid groups (broad SMARTS) is 1. The molecular formula is C28H40N4O8. The molecule has 220 valence electrons. The minimum absolute atomic E-state index is 0.00639. The normalized spacial score (nSPS) is 22.7. The maximum atomic E-state index is 13.5. The number of hydrogen-bond donors (Lipinski definition) is 2. The van der Waals surface area contributed by atoms with Gasteiger partial charge in [-0.15, -0.1) is 0 Å². The van der Waals surface area contributed by atoms with Crippen molar-refractivity contribution in [1.29, 1.82) is 0 Å². The first-order valence-electron chi connectivity index (χ1n) is 14.1. The van der Waals surface area contributed by atoms with Gasteiger partial charge in [-0.1, -0.05) is 19.4 Å². The Bertz CT molecular complexity index is 1090. The summed E-state index contributed by atoms with van der Waals surface area (Å²) in [4.78, 5) is 57.8. The van der Waals surface area contributed by atoms with Gasteiger partial charge in [-0.25, -0.2) is 4.79 Å². The van der Waals surface area contributed by atoms with E-state index in [1.807, 2.05) is 17.9 Å². The number of benzene rings is 1. The molecule has 1 aromatic carbocycles. The third-order valence-electron chi connectivity index (χ3n) is 8.09. The predicted octanol–water partition coefficient (Wildman–Crippen LogP) is 1.57. The zero-order chi connectivity index (χ0) is 28.8. The molecule has 3 heterocycles. The quantitative estimate of drug-likeness (QED) is 0.368. The molecule has 12 nitrogen and oxygen atoms in total. The Morgan fingerprint density at radius 3 is 2.60 bits per heavy atom. The van der Waals surface area contributed by atoms with E-state index in [9.17, 15) is 29.4 Å². The average molecular weight is 561 g/mol. The lowest BCUT2D eigenvalue weighted by Gasteiger charge is -2.34. The fraction of sp³-hybridized carbons (Fsp3) is 0.643. The Kier molecular flexibility index (Phi) is 9.85. The zero-order valence-corrected chi connectivity index (χ0v) is 23.3. The number of likely N-dealkylation sites (tertiary alicyclic amines) is 1. The van der Waals surface area contributed by atoms with Gasteiger partial charge in [0.1, 0.15) is 0 Å². The topological polar surface area (TPSA) is 140 Å². The van der Waals surface area contributed by atoms with E-state index in [-0.39, 0.29) is 51.1 Å². The molecule has 1 aromatic rings. The van der Waals surface area contributed by atoms with Crippen LogP contribution in [-0.4, -0.2) is 119 Å². The highest BCUT2D eigenvalue weighted by Crippen LogP contribution is 2.42. The van der Waals surface area contributed by atoms with Crippen LogP contribution in [0.5, 0.6) is 11.5 Å². The number of aliphatic carboxylic acids is 1. The molecule has 3 aliphatic heterocycles. The Hall–Kier alpha value is -3.38. The van der Waals surface area contributed by atoms with Crippen LogP contribution >= 0.6 is 0 Å². The van der Waals surface area contributed by atoms with Crippen LogP contribution in [-0.2, 0) is 14.4 Å². The minimum atomic E-state index is -1.00. The molecule has 2 fully saturated rings. The molecule has 4 amide bonds. The lowest BCUT2D eigenvalue weighted by molar-refractivity contribution is -0.144. The molecule has 0 radical (unpaired) electrons. The minimum Gasteiger partial charge on any atom is -0.481 e. The van der Waals surface area contributed by atoms with Crippen molar-refractivity contribution < 1.29 is 38.9 Å². The Morgan fingerprint density at radius 1 is 1.12 bits per heavy atom. The lowest BCUT2D eigenvalue weighted by Crippen LogP contribution is -2.52. The van der Waals surface area contributed by atoms with Crippen LogP contribution < -0.4 is 9.47 Å². The number of carboxylic acids is 1. The summed E-state index contributed by atoms with van der Waals surface area (Å²) in [6.07, 6.45) is 2.64. The largest absolute Gasteiger partial charge is 0.481 e. The molecule has 3 aliphatic rings. The van der Waals surface area contributed by atoms with E-state index in [2.05, 4.69) is 0 Å². The van der Waals surface area contributed by atoms with Crippen molar-refractivity contribution >= 4 is 23.8 Å². The molecule has 2 N–H and O–H groups in total. The summed E-state index contributed by atoms with van der Waals surface area (Å²) in [5.74, 6) is -1.58. The molecule has 4 rings (SSSR count). The van der Waals surface area contributed by atoms with Crippen LogP contribution in [0.2, 0.25) is 0 Å². The van der Waals surface area contributed by atoms with Gasteiger partial charge in [0.05, 0.1) is 12.5 Å². The number of nitrogens with zero attached hydrogens (tertiary/aromatic N) is 4. The second-order valence-corrected chi connectivity index (χ2v) is 10.7. The Labute approximate surface area is 234 Å². The first kappa shape index (κ1) is 29.6. The fourth-order valence-electron chi connectivity index (χ4n) is 5.87. The molecule has 3 atom stereocenters. The number of aliphatic hydroxyl groups excluding tert-OH is 1. The number of hydrogen-bond acceptors (Lipinski definition) is 8. The van der Waals surface area contributed by atoms with Gasteiger partial charge in [-0.3, -0.25) is 24.2 Å². The molecule has 2 saturated heterocycles. The summed E-state index contributed by atoms with van der Waals surface area (Å²) in [5, 5.41) is 19.8. The number of rotatable bonds is 13. The van der Waals surface area contributed by atoms with Crippen LogP contribution in [0, 0.1) is 5.92 Å². The Morgan fingerprint density at radius 2 is 1.88 bits per heavy atom. The maximum Gasteiger partial charge on any atom is 0.326 e. The number of aliphatic hydroxyl groups is 1. The van der Waals surface area contributed by atoms with Crippen LogP contribution in [0.4, 0.5) is 4.79 Å². The molecule has 0 aromatic heterocycles. The fourth-order valence-corrected chi connectivity index (χ4v) is 5.87. The van der Waals surface area contributed by atoms with Crippen LogP contribution in [0.15, 0.2) is 18.2 Å². The highest BCUT2D eigenvalue weighted by molar-refractivity contribution is 5.96. The van der Waals surface area contributed by atoms with Gasteiger partial charge in [-0.2, -0.15) is 0 Å². The van der Waals surface area contributed by atoms with E-state index in [1.165, 1.54) is 9.80 Å². The number of imide groups is 1. The predicted molar refractivity (Wildman–Crippen MR) is 144 cm³/mol. The number of amides is 4. The van der Waals surface area contributed by atoms with Crippen molar-refractivity contribution in [3.8, 4) is 11.5 Å². The third kappa shape index (κ3) is 6.49. The summed E-state index contributed by atoms with van der Waals surface area (Å²) in [7, 11) is 1.63. The maximum absolute atomic E-state index is 13.5. The first-order chi connectivity index (χ1) is 19.2. The van der Waals surface area contributed by atoms with Crippen LogP contribution in [0.25, 0.3) is 0 Å². The first-order valence-corrected chi connectivity index (χ1v) is 14.1. The SMILES string of the molecule is CCCCN(CCCO)C(=O)CN1C[C@H](c2ccc3c(c2)OCO3)C(C(=O)O)[C@@H]1CCN1C(=O)CCN(C)C1=O. The van der Waals surface area contributed by atoms with Crippen molar-refractivity contribution in [2.75, 3.05) is 59.7 Å². The monoisotopic (exact) mass is 560 g/mol. The number of unbranched alkanes of at least 4 members (excludes halogenated alkanes) is 1. The van der Waals surface area contributed by atoms with Crippen LogP contribution in [0.1, 0.15) is 50.5 Å². The molecule has 0 aliphatic carbocycles. The van der Waals surface area contributed by atoms with Crippen molar-refractivity contribution in [2.24, 2.45) is 5.92 Å². The van der Waals surface area contributed by atoms with Gasteiger partial charge in [0.2, 0.25) is 18.6 Å². The average Bonchev–Trinajstić information content (AvgIpc) is 3.55. The second kappa shape index (κ2) is 13.3. The van der Waals surface area contributed by atoms with Crippen molar-refractivity contribution in [3.63, 3.8) is 0 Å². The summed E-state index contributed by atoms with van der Waals surface area (Å²) >= 11 is 0.